The highest BCUT2D eigenvalue weighted by Gasteiger charge is 2.12. The van der Waals surface area contributed by atoms with Crippen molar-refractivity contribution in [1.82, 2.24) is 24.7 Å². The molecule has 1 aromatic carbocycles. The molecule has 7 heteroatoms. The van der Waals surface area contributed by atoms with Crippen LogP contribution in [0.2, 0.25) is 0 Å². The highest BCUT2D eigenvalue weighted by atomic mass is 16.1. The molecule has 0 atom stereocenters. The van der Waals surface area contributed by atoms with E-state index in [0.717, 1.165) is 16.7 Å². The molecule has 25 heavy (non-hydrogen) atoms. The Morgan fingerprint density at radius 2 is 1.88 bits per heavy atom. The van der Waals surface area contributed by atoms with Gasteiger partial charge in [-0.05, 0) is 31.2 Å². The van der Waals surface area contributed by atoms with E-state index in [9.17, 15) is 4.79 Å². The molecule has 0 saturated heterocycles. The summed E-state index contributed by atoms with van der Waals surface area (Å²) in [6.45, 7) is 1.87. The lowest BCUT2D eigenvalue weighted by Crippen LogP contribution is -2.15. The summed E-state index contributed by atoms with van der Waals surface area (Å²) in [5, 5.41) is 11.9. The minimum absolute atomic E-state index is 0.231. The summed E-state index contributed by atoms with van der Waals surface area (Å²) in [4.78, 5) is 20.9. The van der Waals surface area contributed by atoms with Crippen molar-refractivity contribution in [2.24, 2.45) is 0 Å². The molecular formula is C18H14N6O. The summed E-state index contributed by atoms with van der Waals surface area (Å²) in [6.07, 6.45) is 5.17. The lowest BCUT2D eigenvalue weighted by molar-refractivity contribution is 0.102. The fourth-order valence-corrected chi connectivity index (χ4v) is 2.59. The van der Waals surface area contributed by atoms with Gasteiger partial charge in [0.15, 0.2) is 11.5 Å². The lowest BCUT2D eigenvalue weighted by Gasteiger charge is -2.08. The Bertz CT molecular complexity index is 1050. The van der Waals surface area contributed by atoms with Crippen molar-refractivity contribution in [1.29, 1.82) is 0 Å². The zero-order valence-corrected chi connectivity index (χ0v) is 13.4. The minimum atomic E-state index is -0.334. The number of nitrogens with zero attached hydrogens (tertiary/aromatic N) is 5. The topological polar surface area (TPSA) is 85.6 Å². The van der Waals surface area contributed by atoms with Crippen LogP contribution in [0.15, 0.2) is 61.1 Å². The number of hydrogen-bond donors (Lipinski definition) is 1. The number of carbonyl (C=O) groups excluding carboxylic acids is 1. The number of nitrogens with one attached hydrogen (secondary N) is 1. The second-order valence-corrected chi connectivity index (χ2v) is 5.46. The number of imidazole rings is 1. The Labute approximate surface area is 143 Å². The molecule has 7 nitrogen and oxygen atoms in total. The van der Waals surface area contributed by atoms with E-state index in [1.54, 1.807) is 35.3 Å². The molecule has 122 valence electrons. The zero-order valence-electron chi connectivity index (χ0n) is 13.4. The van der Waals surface area contributed by atoms with Crippen LogP contribution in [0, 0.1) is 6.92 Å². The van der Waals surface area contributed by atoms with Gasteiger partial charge in [-0.1, -0.05) is 18.2 Å². The molecule has 1 N–H and O–H groups in total. The zero-order chi connectivity index (χ0) is 17.2. The maximum atomic E-state index is 12.5. The first-order valence-corrected chi connectivity index (χ1v) is 7.71. The Hall–Kier alpha value is -3.61. The third-order valence-electron chi connectivity index (χ3n) is 3.84. The average Bonchev–Trinajstić information content (AvgIpc) is 3.08. The molecule has 3 heterocycles. The Kier molecular flexibility index (Phi) is 3.66. The van der Waals surface area contributed by atoms with Gasteiger partial charge in [0.2, 0.25) is 0 Å². The van der Waals surface area contributed by atoms with Crippen molar-refractivity contribution < 1.29 is 4.79 Å². The molecule has 0 spiro atoms. The average molecular weight is 330 g/mol. The molecule has 0 unspecified atom stereocenters. The maximum absolute atomic E-state index is 12.5. The van der Waals surface area contributed by atoms with Crippen LogP contribution >= 0.6 is 0 Å². The molecule has 4 aromatic rings. The fraction of sp³-hybridized carbons (Fsp3) is 0.0556. The summed E-state index contributed by atoms with van der Waals surface area (Å²) in [7, 11) is 0. The van der Waals surface area contributed by atoms with Crippen LogP contribution in [0.25, 0.3) is 16.7 Å². The number of amides is 1. The summed E-state index contributed by atoms with van der Waals surface area (Å²) < 4.78 is 1.79. The second kappa shape index (κ2) is 6.12. The van der Waals surface area contributed by atoms with Gasteiger partial charge in [0.05, 0.1) is 11.2 Å². The van der Waals surface area contributed by atoms with E-state index in [-0.39, 0.29) is 11.6 Å². The summed E-state index contributed by atoms with van der Waals surface area (Å²) >= 11 is 0. The number of benzene rings is 1. The molecular weight excluding hydrogens is 316 g/mol. The Balaban J connectivity index is 1.60. The molecule has 4 rings (SSSR count). The van der Waals surface area contributed by atoms with Crippen molar-refractivity contribution >= 4 is 22.5 Å². The van der Waals surface area contributed by atoms with E-state index in [2.05, 4.69) is 25.5 Å². The number of aryl methyl sites for hydroxylation is 1. The quantitative estimate of drug-likeness (QED) is 0.624. The van der Waals surface area contributed by atoms with Gasteiger partial charge in [-0.15, -0.1) is 10.2 Å². The molecule has 0 saturated carbocycles. The number of rotatable bonds is 3. The number of pyridine rings is 1. The summed E-state index contributed by atoms with van der Waals surface area (Å²) in [6, 6.07) is 12.8. The molecule has 0 fully saturated rings. The normalized spacial score (nSPS) is 10.8. The standard InChI is InChI=1S/C18H14N6O/c1-12-19-10-11-24(12)16-8-7-15(22-23-16)18(25)21-14-6-2-4-13-5-3-9-20-17(13)14/h2-11H,1H3,(H,21,25). The van der Waals surface area contributed by atoms with Crippen LogP contribution < -0.4 is 5.32 Å². The first-order valence-electron chi connectivity index (χ1n) is 7.71. The summed E-state index contributed by atoms with van der Waals surface area (Å²) in [5.41, 5.74) is 1.60. The highest BCUT2D eigenvalue weighted by Crippen LogP contribution is 2.21. The lowest BCUT2D eigenvalue weighted by atomic mass is 10.2. The Morgan fingerprint density at radius 1 is 1.00 bits per heavy atom. The molecule has 0 radical (unpaired) electrons. The van der Waals surface area contributed by atoms with Gasteiger partial charge in [0, 0.05) is 24.0 Å². The van der Waals surface area contributed by atoms with Crippen LogP contribution in [0.4, 0.5) is 5.69 Å². The first kappa shape index (κ1) is 14.9. The predicted octanol–water partition coefficient (Wildman–Crippen LogP) is 2.77. The van der Waals surface area contributed by atoms with Crippen molar-refractivity contribution in [2.75, 3.05) is 5.32 Å². The van der Waals surface area contributed by atoms with Crippen LogP contribution in [0.1, 0.15) is 16.3 Å². The van der Waals surface area contributed by atoms with Gasteiger partial charge in [-0.2, -0.15) is 0 Å². The first-order chi connectivity index (χ1) is 12.2. The van der Waals surface area contributed by atoms with Gasteiger partial charge in [-0.3, -0.25) is 14.3 Å². The van der Waals surface area contributed by atoms with Crippen molar-refractivity contribution in [2.45, 2.75) is 6.92 Å². The predicted molar refractivity (Wildman–Crippen MR) is 93.6 cm³/mol. The van der Waals surface area contributed by atoms with E-state index < -0.39 is 0 Å². The highest BCUT2D eigenvalue weighted by molar-refractivity contribution is 6.07. The minimum Gasteiger partial charge on any atom is -0.319 e. The molecule has 3 aromatic heterocycles. The number of aromatic nitrogens is 5. The van der Waals surface area contributed by atoms with Crippen molar-refractivity contribution in [3.05, 3.63) is 72.6 Å². The van der Waals surface area contributed by atoms with Crippen molar-refractivity contribution in [3.8, 4) is 5.82 Å². The maximum Gasteiger partial charge on any atom is 0.276 e. The molecule has 0 aliphatic heterocycles. The van der Waals surface area contributed by atoms with Crippen LogP contribution in [-0.2, 0) is 0 Å². The number of fused-ring (bicyclic) bond motifs is 1. The van der Waals surface area contributed by atoms with E-state index in [0.29, 0.717) is 11.5 Å². The molecule has 0 bridgehead atoms. The van der Waals surface area contributed by atoms with Gasteiger partial charge in [-0.25, -0.2) is 4.98 Å². The smallest absolute Gasteiger partial charge is 0.276 e. The van der Waals surface area contributed by atoms with Gasteiger partial charge in [0.25, 0.3) is 5.91 Å². The molecule has 0 aliphatic rings. The van der Waals surface area contributed by atoms with E-state index in [4.69, 9.17) is 0 Å². The van der Waals surface area contributed by atoms with Crippen LogP contribution in [0.3, 0.4) is 0 Å². The third-order valence-corrected chi connectivity index (χ3v) is 3.84. The van der Waals surface area contributed by atoms with Gasteiger partial charge >= 0.3 is 0 Å². The fourth-order valence-electron chi connectivity index (χ4n) is 2.59. The van der Waals surface area contributed by atoms with Gasteiger partial charge < -0.3 is 5.32 Å². The molecule has 1 amide bonds. The number of para-hydroxylation sites is 1. The van der Waals surface area contributed by atoms with Crippen LogP contribution in [-0.4, -0.2) is 30.6 Å². The second-order valence-electron chi connectivity index (χ2n) is 5.46. The third kappa shape index (κ3) is 2.83. The van der Waals surface area contributed by atoms with Gasteiger partial charge in [0.1, 0.15) is 5.82 Å². The SMILES string of the molecule is Cc1nccn1-c1ccc(C(=O)Nc2cccc3cccnc23)nn1. The monoisotopic (exact) mass is 330 g/mol. The van der Waals surface area contributed by atoms with E-state index in [1.807, 2.05) is 37.3 Å². The number of hydrogen-bond acceptors (Lipinski definition) is 5. The Morgan fingerprint density at radius 3 is 2.64 bits per heavy atom. The molecule has 0 aliphatic carbocycles. The van der Waals surface area contributed by atoms with E-state index in [1.165, 1.54) is 0 Å². The van der Waals surface area contributed by atoms with Crippen molar-refractivity contribution in [3.63, 3.8) is 0 Å². The van der Waals surface area contributed by atoms with E-state index >= 15 is 0 Å². The summed E-state index contributed by atoms with van der Waals surface area (Å²) in [5.74, 6) is 1.08. The van der Waals surface area contributed by atoms with Crippen LogP contribution in [0.5, 0.6) is 0 Å². The number of carbonyl (C=O) groups is 1. The number of anilines is 1. The largest absolute Gasteiger partial charge is 0.319 e.